The van der Waals surface area contributed by atoms with E-state index in [1.54, 1.807) is 18.2 Å². The molecule has 3 aromatic rings. The zero-order valence-electron chi connectivity index (χ0n) is 18.1. The average molecular weight is 506 g/mol. The van der Waals surface area contributed by atoms with E-state index in [0.29, 0.717) is 23.8 Å². The molecule has 1 amide bonds. The molecule has 32 heavy (non-hydrogen) atoms. The fraction of sp³-hybridized carbons (Fsp3) is 0.435. The third kappa shape index (κ3) is 6.51. The highest BCUT2D eigenvalue weighted by Gasteiger charge is 2.28. The maximum atomic E-state index is 12.6. The Kier molecular flexibility index (Phi) is 8.77. The summed E-state index contributed by atoms with van der Waals surface area (Å²) in [5.41, 5.74) is 6.53. The molecular weight excluding hydrogens is 474 g/mol. The van der Waals surface area contributed by atoms with Gasteiger partial charge in [-0.3, -0.25) is 9.20 Å². The lowest BCUT2D eigenvalue weighted by Crippen LogP contribution is -2.50. The molecule has 3 rings (SSSR count). The summed E-state index contributed by atoms with van der Waals surface area (Å²) < 4.78 is 14.4. The number of aromatic nitrogens is 3. The second-order valence-electron chi connectivity index (χ2n) is 8.19. The fourth-order valence-electron chi connectivity index (χ4n) is 2.92. The largest absolute Gasteiger partial charge is 0.487 e. The molecule has 174 valence electrons. The number of ether oxygens (including phenoxy) is 2. The molecule has 2 heterocycles. The lowest BCUT2D eigenvalue weighted by molar-refractivity contribution is -0.126. The van der Waals surface area contributed by atoms with Crippen molar-refractivity contribution < 1.29 is 14.3 Å². The second kappa shape index (κ2) is 10.9. The van der Waals surface area contributed by atoms with Crippen molar-refractivity contribution in [1.29, 1.82) is 0 Å². The molecule has 0 saturated carbocycles. The molecule has 0 aliphatic carbocycles. The van der Waals surface area contributed by atoms with Crippen LogP contribution in [0, 0.1) is 0 Å². The summed E-state index contributed by atoms with van der Waals surface area (Å²) in [6, 6.07) is 11.1. The minimum absolute atomic E-state index is 0. The van der Waals surface area contributed by atoms with Crippen LogP contribution in [0.1, 0.15) is 52.6 Å². The summed E-state index contributed by atoms with van der Waals surface area (Å²) in [6.45, 7) is 7.79. The highest BCUT2D eigenvalue weighted by molar-refractivity contribution is 9.10. The van der Waals surface area contributed by atoms with Gasteiger partial charge in [0.25, 0.3) is 0 Å². The van der Waals surface area contributed by atoms with Gasteiger partial charge >= 0.3 is 0 Å². The van der Waals surface area contributed by atoms with Gasteiger partial charge in [0.05, 0.1) is 24.9 Å². The third-order valence-corrected chi connectivity index (χ3v) is 4.86. The van der Waals surface area contributed by atoms with Crippen LogP contribution in [0.2, 0.25) is 0 Å². The van der Waals surface area contributed by atoms with Gasteiger partial charge in [0, 0.05) is 10.7 Å². The standard InChI is InChI=1S/C22H28BrN5O3.CH4/c1-14(2)31-18-10-16(23)11-28-19(26-27-20(18)28)17(25-21(29)22(3,4)24)13-30-12-15-8-6-5-7-9-15;/h5-11,14,17H,12-13,24H2,1-4H3,(H,25,29);1H4/t17-;/m1./s1. The number of rotatable bonds is 9. The van der Waals surface area contributed by atoms with E-state index in [0.717, 1.165) is 10.0 Å². The first-order chi connectivity index (χ1) is 14.6. The summed E-state index contributed by atoms with van der Waals surface area (Å²) in [6.07, 6.45) is 1.81. The predicted molar refractivity (Wildman–Crippen MR) is 128 cm³/mol. The van der Waals surface area contributed by atoms with E-state index in [-0.39, 0.29) is 26.0 Å². The first-order valence-electron chi connectivity index (χ1n) is 10.1. The first kappa shape index (κ1) is 25.8. The smallest absolute Gasteiger partial charge is 0.240 e. The Hall–Kier alpha value is -2.49. The van der Waals surface area contributed by atoms with Gasteiger partial charge in [-0.2, -0.15) is 0 Å². The molecule has 9 heteroatoms. The van der Waals surface area contributed by atoms with Gasteiger partial charge in [-0.1, -0.05) is 37.8 Å². The molecule has 0 spiro atoms. The van der Waals surface area contributed by atoms with Crippen molar-refractivity contribution in [3.8, 4) is 5.75 Å². The van der Waals surface area contributed by atoms with E-state index in [1.807, 2.05) is 56.4 Å². The van der Waals surface area contributed by atoms with Crippen molar-refractivity contribution >= 4 is 27.5 Å². The Labute approximate surface area is 197 Å². The maximum absolute atomic E-state index is 12.6. The van der Waals surface area contributed by atoms with Crippen LogP contribution in [0.5, 0.6) is 5.75 Å². The summed E-state index contributed by atoms with van der Waals surface area (Å²) in [5, 5.41) is 11.6. The summed E-state index contributed by atoms with van der Waals surface area (Å²) in [5.74, 6) is 0.805. The third-order valence-electron chi connectivity index (χ3n) is 4.42. The van der Waals surface area contributed by atoms with Gasteiger partial charge < -0.3 is 20.5 Å². The number of nitrogens with zero attached hydrogens (tertiary/aromatic N) is 3. The number of fused-ring (bicyclic) bond motifs is 1. The molecule has 0 aliphatic heterocycles. The molecule has 0 fully saturated rings. The number of benzene rings is 1. The van der Waals surface area contributed by atoms with E-state index in [2.05, 4.69) is 31.4 Å². The van der Waals surface area contributed by atoms with Crippen LogP contribution in [0.25, 0.3) is 5.65 Å². The molecule has 1 atom stereocenters. The SMILES string of the molecule is C.CC(C)Oc1cc(Br)cn2c([C@@H](COCc3ccccc3)NC(=O)C(C)(C)N)nnc12. The molecule has 1 aromatic carbocycles. The van der Waals surface area contributed by atoms with Gasteiger partial charge in [-0.05, 0) is 55.3 Å². The molecule has 2 aromatic heterocycles. The van der Waals surface area contributed by atoms with Crippen molar-refractivity contribution in [2.75, 3.05) is 6.61 Å². The molecule has 0 saturated heterocycles. The second-order valence-corrected chi connectivity index (χ2v) is 9.11. The summed E-state index contributed by atoms with van der Waals surface area (Å²) >= 11 is 3.51. The molecule has 0 bridgehead atoms. The topological polar surface area (TPSA) is 104 Å². The van der Waals surface area contributed by atoms with E-state index < -0.39 is 11.6 Å². The molecular formula is C23H32BrN5O3. The number of nitrogens with two attached hydrogens (primary N) is 1. The van der Waals surface area contributed by atoms with Crippen molar-refractivity contribution in [3.05, 3.63) is 58.5 Å². The van der Waals surface area contributed by atoms with E-state index >= 15 is 0 Å². The van der Waals surface area contributed by atoms with Crippen molar-refractivity contribution in [2.45, 2.75) is 59.4 Å². The highest BCUT2D eigenvalue weighted by Crippen LogP contribution is 2.27. The van der Waals surface area contributed by atoms with Gasteiger partial charge in [0.15, 0.2) is 11.6 Å². The van der Waals surface area contributed by atoms with Gasteiger partial charge in [-0.25, -0.2) is 0 Å². The minimum Gasteiger partial charge on any atom is -0.487 e. The monoisotopic (exact) mass is 505 g/mol. The number of amides is 1. The summed E-state index contributed by atoms with van der Waals surface area (Å²) in [7, 11) is 0. The summed E-state index contributed by atoms with van der Waals surface area (Å²) in [4.78, 5) is 12.6. The van der Waals surface area contributed by atoms with E-state index in [9.17, 15) is 4.79 Å². The Morgan fingerprint density at radius 3 is 2.56 bits per heavy atom. The minimum atomic E-state index is -1.05. The van der Waals surface area contributed by atoms with Crippen LogP contribution >= 0.6 is 15.9 Å². The van der Waals surface area contributed by atoms with Crippen LogP contribution in [0.4, 0.5) is 0 Å². The number of nitrogens with one attached hydrogen (secondary N) is 1. The number of halogens is 1. The van der Waals surface area contributed by atoms with E-state index in [4.69, 9.17) is 15.2 Å². The number of hydrogen-bond acceptors (Lipinski definition) is 6. The fourth-order valence-corrected chi connectivity index (χ4v) is 3.33. The van der Waals surface area contributed by atoms with Crippen LogP contribution < -0.4 is 15.8 Å². The maximum Gasteiger partial charge on any atom is 0.240 e. The number of carbonyl (C=O) groups is 1. The molecule has 8 nitrogen and oxygen atoms in total. The van der Waals surface area contributed by atoms with Gasteiger partial charge in [0.1, 0.15) is 6.04 Å². The highest BCUT2D eigenvalue weighted by atomic mass is 79.9. The lowest BCUT2D eigenvalue weighted by Gasteiger charge is -2.23. The number of carbonyl (C=O) groups excluding carboxylic acids is 1. The Morgan fingerprint density at radius 2 is 1.94 bits per heavy atom. The van der Waals surface area contributed by atoms with Crippen LogP contribution in [0.15, 0.2) is 47.1 Å². The molecule has 0 radical (unpaired) electrons. The normalized spacial score (nSPS) is 12.5. The lowest BCUT2D eigenvalue weighted by atomic mass is 10.1. The van der Waals surface area contributed by atoms with Crippen molar-refractivity contribution in [3.63, 3.8) is 0 Å². The Bertz CT molecular complexity index is 1030. The zero-order valence-corrected chi connectivity index (χ0v) is 19.7. The quantitative estimate of drug-likeness (QED) is 0.454. The van der Waals surface area contributed by atoms with Gasteiger partial charge in [-0.15, -0.1) is 10.2 Å². The Balaban J connectivity index is 0.00000363. The number of hydrogen-bond donors (Lipinski definition) is 2. The average Bonchev–Trinajstić information content (AvgIpc) is 3.10. The van der Waals surface area contributed by atoms with Gasteiger partial charge in [0.2, 0.25) is 11.6 Å². The molecule has 0 unspecified atom stereocenters. The molecule has 3 N–H and O–H groups in total. The molecule has 0 aliphatic rings. The van der Waals surface area contributed by atoms with Crippen molar-refractivity contribution in [2.24, 2.45) is 5.73 Å². The van der Waals surface area contributed by atoms with E-state index in [1.165, 1.54) is 0 Å². The zero-order chi connectivity index (χ0) is 22.6. The van der Waals surface area contributed by atoms with Crippen LogP contribution in [-0.4, -0.2) is 38.8 Å². The number of pyridine rings is 1. The Morgan fingerprint density at radius 1 is 1.25 bits per heavy atom. The predicted octanol–water partition coefficient (Wildman–Crippen LogP) is 4.03. The first-order valence-corrected chi connectivity index (χ1v) is 10.9. The van der Waals surface area contributed by atoms with Crippen LogP contribution in [-0.2, 0) is 16.1 Å². The van der Waals surface area contributed by atoms with Crippen LogP contribution in [0.3, 0.4) is 0 Å². The van der Waals surface area contributed by atoms with Crippen molar-refractivity contribution in [1.82, 2.24) is 19.9 Å².